The number of ketones is 1. The molecule has 2 amide bonds. The number of Topliss-reactive ketones (excluding diaryl/α,β-unsaturated/α-hetero) is 1. The zero-order valence-corrected chi connectivity index (χ0v) is 17.8. The first-order valence-electron chi connectivity index (χ1n) is 15.3. The number of amides is 2. The molecule has 0 spiro atoms. The number of nitrogens with zero attached hydrogens (tertiary/aromatic N) is 7. The number of fused-ring (bicyclic) bond motifs is 1. The summed E-state index contributed by atoms with van der Waals surface area (Å²) in [7, 11) is 1.19. The van der Waals surface area contributed by atoms with Crippen LogP contribution in [0.15, 0.2) is 43.1 Å². The first-order valence-corrected chi connectivity index (χ1v) is 9.82. The number of carbonyl (C=O) groups is 3. The molecule has 35 heavy (non-hydrogen) atoms. The van der Waals surface area contributed by atoms with Gasteiger partial charge in [-0.1, -0.05) is 6.07 Å². The van der Waals surface area contributed by atoms with Gasteiger partial charge in [0.2, 0.25) is 0 Å². The molecule has 0 unspecified atom stereocenters. The van der Waals surface area contributed by atoms with Crippen LogP contribution < -0.4 is 4.74 Å². The summed E-state index contributed by atoms with van der Waals surface area (Å²) >= 11 is 0. The number of aryl methyl sites for hydroxylation is 1. The van der Waals surface area contributed by atoms with E-state index in [-0.39, 0.29) is 27.4 Å². The highest BCUT2D eigenvalue weighted by Crippen LogP contribution is 2.31. The monoisotopic (exact) mass is 485 g/mol. The predicted octanol–water partition coefficient (Wildman–Crippen LogP) is 1.02. The Labute approximate surface area is 215 Å². The molecule has 5 rings (SSSR count). The van der Waals surface area contributed by atoms with Crippen molar-refractivity contribution >= 4 is 28.5 Å². The molecule has 1 aliphatic heterocycles. The smallest absolute Gasteiger partial charge is 0.295 e. The maximum atomic E-state index is 13.7. The predicted molar refractivity (Wildman–Crippen MR) is 123 cm³/mol. The minimum atomic E-state index is -3.84. The van der Waals surface area contributed by atoms with Crippen molar-refractivity contribution in [3.8, 4) is 11.6 Å². The summed E-state index contributed by atoms with van der Waals surface area (Å²) in [6.07, 6.45) is 4.23. The van der Waals surface area contributed by atoms with Gasteiger partial charge in [0.1, 0.15) is 23.6 Å². The fourth-order valence-corrected chi connectivity index (χ4v) is 3.26. The zero-order chi connectivity index (χ0) is 34.2. The van der Waals surface area contributed by atoms with E-state index in [0.717, 1.165) is 35.7 Å². The second kappa shape index (κ2) is 8.97. The summed E-state index contributed by atoms with van der Waals surface area (Å²) in [6, 6.07) is 3.80. The number of ether oxygens (including phenoxy) is 1. The lowest BCUT2D eigenvalue weighted by molar-refractivity contribution is -0.127. The Kier molecular flexibility index (Phi) is 3.27. The molecular weight excluding hydrogens is 452 g/mol. The van der Waals surface area contributed by atoms with Crippen molar-refractivity contribution in [2.75, 3.05) is 33.1 Å². The quantitative estimate of drug-likeness (QED) is 0.327. The number of carbonyl (C=O) groups excluding carboxylic acids is 3. The lowest BCUT2D eigenvalue weighted by Crippen LogP contribution is -2.52. The summed E-state index contributed by atoms with van der Waals surface area (Å²) in [5.41, 5.74) is -1.12. The van der Waals surface area contributed by atoms with Crippen molar-refractivity contribution in [2.24, 2.45) is 0 Å². The summed E-state index contributed by atoms with van der Waals surface area (Å²) in [6.45, 7) is -17.9. The summed E-state index contributed by atoms with van der Waals surface area (Å²) in [4.78, 5) is 54.2. The molecule has 0 aromatic carbocycles. The van der Waals surface area contributed by atoms with Gasteiger partial charge in [-0.2, -0.15) is 5.10 Å². The van der Waals surface area contributed by atoms with Crippen molar-refractivity contribution in [1.29, 1.82) is 0 Å². The standard InChI is InChI=1S/C23H22N8O4/c1-14-27-13-31(28-14)21-19-18(17(35-2)12-26-21)15(11-25-19)20(32)23(34)30-9-7-29(8-10-30)22(33)16-5-3-4-6-24-16/h3-6,11-13,25H,7-10H2,1-2H3/i1D3,7D2,8D2,9D2,10D2. The van der Waals surface area contributed by atoms with Crippen LogP contribution in [0, 0.1) is 6.85 Å². The Bertz CT molecular complexity index is 1850. The number of aromatic nitrogens is 6. The van der Waals surface area contributed by atoms with Crippen LogP contribution in [0.4, 0.5) is 0 Å². The molecule has 4 aromatic heterocycles. The number of methoxy groups -OCH3 is 1. The molecule has 4 aromatic rings. The Balaban J connectivity index is 1.61. The maximum absolute atomic E-state index is 13.7. The lowest BCUT2D eigenvalue weighted by atomic mass is 10.1. The molecule has 178 valence electrons. The average Bonchev–Trinajstić information content (AvgIpc) is 3.64. The number of hydrogen-bond acceptors (Lipinski definition) is 8. The number of rotatable bonds is 5. The Morgan fingerprint density at radius 1 is 1.11 bits per heavy atom. The summed E-state index contributed by atoms with van der Waals surface area (Å²) < 4.78 is 96.7. The highest BCUT2D eigenvalue weighted by molar-refractivity contribution is 6.45. The summed E-state index contributed by atoms with van der Waals surface area (Å²) in [5, 5.41) is 3.71. The number of piperazine rings is 1. The van der Waals surface area contributed by atoms with E-state index in [0.29, 0.717) is 0 Å². The van der Waals surface area contributed by atoms with E-state index < -0.39 is 72.4 Å². The normalized spacial score (nSPS) is 24.5. The maximum Gasteiger partial charge on any atom is 0.295 e. The molecular formula is C23H22N8O4. The lowest BCUT2D eigenvalue weighted by Gasteiger charge is -2.34. The number of pyridine rings is 2. The van der Waals surface area contributed by atoms with Crippen molar-refractivity contribution in [3.63, 3.8) is 0 Å². The van der Waals surface area contributed by atoms with E-state index in [9.17, 15) is 14.4 Å². The third-order valence-corrected chi connectivity index (χ3v) is 4.86. The van der Waals surface area contributed by atoms with Gasteiger partial charge in [0.25, 0.3) is 17.6 Å². The van der Waals surface area contributed by atoms with Crippen molar-refractivity contribution < 1.29 is 34.2 Å². The zero-order valence-electron chi connectivity index (χ0n) is 28.8. The molecule has 0 radical (unpaired) electrons. The Morgan fingerprint density at radius 3 is 2.60 bits per heavy atom. The van der Waals surface area contributed by atoms with Gasteiger partial charge in [-0.05, 0) is 19.0 Å². The van der Waals surface area contributed by atoms with Crippen molar-refractivity contribution in [1.82, 2.24) is 39.5 Å². The Hall–Kier alpha value is -4.61. The molecule has 1 fully saturated rings. The number of H-pyrrole nitrogens is 1. The van der Waals surface area contributed by atoms with Gasteiger partial charge < -0.3 is 19.5 Å². The molecule has 12 nitrogen and oxygen atoms in total. The molecule has 12 heteroatoms. The van der Waals surface area contributed by atoms with Crippen LogP contribution in [0.2, 0.25) is 0 Å². The van der Waals surface area contributed by atoms with Gasteiger partial charge in [-0.15, -0.1) is 0 Å². The molecule has 5 heterocycles. The molecule has 0 saturated carbocycles. The van der Waals surface area contributed by atoms with Crippen molar-refractivity contribution in [2.45, 2.75) is 6.85 Å². The van der Waals surface area contributed by atoms with E-state index in [2.05, 4.69) is 25.0 Å². The molecule has 1 saturated heterocycles. The second-order valence-corrected chi connectivity index (χ2v) is 6.89. The van der Waals surface area contributed by atoms with Crippen LogP contribution in [0.5, 0.6) is 5.75 Å². The van der Waals surface area contributed by atoms with Gasteiger partial charge in [0.15, 0.2) is 5.82 Å². The fourth-order valence-electron chi connectivity index (χ4n) is 3.26. The average molecular weight is 486 g/mol. The topological polar surface area (TPSA) is 139 Å². The number of aromatic amines is 1. The van der Waals surface area contributed by atoms with Gasteiger partial charge >= 0.3 is 0 Å². The number of nitrogens with one attached hydrogen (secondary N) is 1. The molecule has 0 aliphatic carbocycles. The van der Waals surface area contributed by atoms with Gasteiger partial charge in [-0.25, -0.2) is 14.6 Å². The van der Waals surface area contributed by atoms with Gasteiger partial charge in [0, 0.05) is 42.5 Å². The van der Waals surface area contributed by atoms with Crippen LogP contribution in [-0.2, 0) is 4.79 Å². The minimum absolute atomic E-state index is 0.0417. The van der Waals surface area contributed by atoms with E-state index in [1.807, 2.05) is 0 Å². The largest absolute Gasteiger partial charge is 0.494 e. The third kappa shape index (κ3) is 3.98. The molecule has 1 aliphatic rings. The van der Waals surface area contributed by atoms with Gasteiger partial charge in [0.05, 0.1) is 40.7 Å². The van der Waals surface area contributed by atoms with E-state index >= 15 is 0 Å². The molecule has 0 atom stereocenters. The SMILES string of the molecule is [2H]C([2H])([2H])c1ncn(-c2ncc(OC)c3c(C(=O)C(=O)N4C([2H])([2H])C([2H])([2H])N(C(=O)c5ccccn5)C([2H])([2H])C4([2H])[2H])c[nH]c23)n1. The highest BCUT2D eigenvalue weighted by atomic mass is 16.5. The number of hydrogen-bond donors (Lipinski definition) is 1. The second-order valence-electron chi connectivity index (χ2n) is 6.89. The minimum Gasteiger partial charge on any atom is -0.494 e. The van der Waals surface area contributed by atoms with Crippen LogP contribution >= 0.6 is 0 Å². The van der Waals surface area contributed by atoms with Crippen molar-refractivity contribution in [3.05, 3.63) is 60.2 Å². The van der Waals surface area contributed by atoms with Crippen LogP contribution in [0.25, 0.3) is 16.7 Å². The highest BCUT2D eigenvalue weighted by Gasteiger charge is 2.31. The van der Waals surface area contributed by atoms with Crippen LogP contribution in [-0.4, -0.2) is 90.2 Å². The first kappa shape index (κ1) is 12.7. The molecule has 0 bridgehead atoms. The van der Waals surface area contributed by atoms with E-state index in [1.165, 1.54) is 19.2 Å². The fraction of sp³-hybridized carbons (Fsp3) is 0.261. The van der Waals surface area contributed by atoms with Crippen LogP contribution in [0.3, 0.4) is 0 Å². The van der Waals surface area contributed by atoms with E-state index in [1.54, 1.807) is 0 Å². The Morgan fingerprint density at radius 2 is 1.91 bits per heavy atom. The first-order chi connectivity index (χ1) is 21.2. The summed E-state index contributed by atoms with van der Waals surface area (Å²) in [5.74, 6) is -5.88. The van der Waals surface area contributed by atoms with Gasteiger partial charge in [-0.3, -0.25) is 19.4 Å². The van der Waals surface area contributed by atoms with E-state index in [4.69, 9.17) is 19.8 Å². The third-order valence-electron chi connectivity index (χ3n) is 4.86. The molecule has 1 N–H and O–H groups in total. The van der Waals surface area contributed by atoms with Crippen LogP contribution in [0.1, 0.15) is 41.7 Å².